The Balaban J connectivity index is 2.33. The Morgan fingerprint density at radius 1 is 1.38 bits per heavy atom. The first-order valence-corrected chi connectivity index (χ1v) is 7.72. The number of hydrogen-bond acceptors (Lipinski definition) is 7. The van der Waals surface area contributed by atoms with Crippen molar-refractivity contribution in [3.8, 4) is 0 Å². The van der Waals surface area contributed by atoms with Crippen LogP contribution in [0.2, 0.25) is 0 Å². The fourth-order valence-corrected chi connectivity index (χ4v) is 3.68. The van der Waals surface area contributed by atoms with Crippen molar-refractivity contribution < 1.29 is 28.6 Å². The average Bonchev–Trinajstić information content (AvgIpc) is 2.93. The summed E-state index contributed by atoms with van der Waals surface area (Å²) in [6, 6.07) is -0.875. The predicted octanol–water partition coefficient (Wildman–Crippen LogP) is -0.519. The minimum Gasteiger partial charge on any atom is -0.469 e. The van der Waals surface area contributed by atoms with E-state index in [2.05, 4.69) is 11.9 Å². The first-order valence-electron chi connectivity index (χ1n) is 7.72. The molecule has 2 heterocycles. The van der Waals surface area contributed by atoms with Crippen LogP contribution in [-0.2, 0) is 28.6 Å². The third kappa shape index (κ3) is 2.80. The van der Waals surface area contributed by atoms with Gasteiger partial charge in [-0.15, -0.1) is 6.58 Å². The molecule has 0 spiro atoms. The second-order valence-electron chi connectivity index (χ2n) is 6.25. The zero-order valence-corrected chi connectivity index (χ0v) is 14.4. The molecule has 0 aromatic rings. The summed E-state index contributed by atoms with van der Waals surface area (Å²) in [6.45, 7) is 5.66. The van der Waals surface area contributed by atoms with Crippen molar-refractivity contribution in [1.29, 1.82) is 0 Å². The van der Waals surface area contributed by atoms with E-state index in [9.17, 15) is 14.4 Å². The zero-order valence-electron chi connectivity index (χ0n) is 14.4. The van der Waals surface area contributed by atoms with Crippen molar-refractivity contribution in [2.75, 3.05) is 27.9 Å². The number of methoxy groups -OCH3 is 3. The Bertz CT molecular complexity index is 551. The van der Waals surface area contributed by atoms with Gasteiger partial charge in [-0.05, 0) is 13.3 Å². The summed E-state index contributed by atoms with van der Waals surface area (Å²) in [5, 5.41) is 3.17. The van der Waals surface area contributed by atoms with Crippen molar-refractivity contribution in [3.05, 3.63) is 12.7 Å². The molecule has 0 aromatic heterocycles. The van der Waals surface area contributed by atoms with Crippen molar-refractivity contribution in [2.24, 2.45) is 5.92 Å². The first kappa shape index (κ1) is 18.4. The second kappa shape index (κ2) is 6.90. The summed E-state index contributed by atoms with van der Waals surface area (Å²) in [7, 11) is 4.04. The number of ether oxygens (including phenoxy) is 3. The highest BCUT2D eigenvalue weighted by atomic mass is 16.5. The largest absolute Gasteiger partial charge is 0.469 e. The quantitative estimate of drug-likeness (QED) is 0.395. The molecule has 0 aromatic carbocycles. The Kier molecular flexibility index (Phi) is 5.29. The van der Waals surface area contributed by atoms with Crippen LogP contribution in [0.5, 0.6) is 0 Å². The highest BCUT2D eigenvalue weighted by molar-refractivity contribution is 5.90. The minimum atomic E-state index is -1.03. The van der Waals surface area contributed by atoms with Gasteiger partial charge in [0.15, 0.2) is 6.10 Å². The third-order valence-electron chi connectivity index (χ3n) is 4.83. The van der Waals surface area contributed by atoms with Crippen LogP contribution in [0.15, 0.2) is 12.7 Å². The Hall–Kier alpha value is -1.93. The molecule has 5 atom stereocenters. The molecule has 0 unspecified atom stereocenters. The van der Waals surface area contributed by atoms with Crippen molar-refractivity contribution in [1.82, 2.24) is 10.2 Å². The van der Waals surface area contributed by atoms with Crippen LogP contribution in [0.4, 0.5) is 0 Å². The minimum absolute atomic E-state index is 0.167. The van der Waals surface area contributed by atoms with Gasteiger partial charge in [0.1, 0.15) is 5.54 Å². The number of β-lactam (4-membered cyclic amide) rings is 1. The average molecular weight is 340 g/mol. The van der Waals surface area contributed by atoms with E-state index in [1.807, 2.05) is 0 Å². The van der Waals surface area contributed by atoms with E-state index in [0.717, 1.165) is 0 Å². The Morgan fingerprint density at radius 2 is 2.04 bits per heavy atom. The number of likely N-dealkylation sites (tertiary alicyclic amines) is 1. The number of hydrogen-bond donors (Lipinski definition) is 1. The van der Waals surface area contributed by atoms with Gasteiger partial charge < -0.3 is 19.1 Å². The predicted molar refractivity (Wildman–Crippen MR) is 84.0 cm³/mol. The van der Waals surface area contributed by atoms with Gasteiger partial charge in [-0.1, -0.05) is 6.08 Å². The fourth-order valence-electron chi connectivity index (χ4n) is 3.68. The van der Waals surface area contributed by atoms with E-state index in [0.29, 0.717) is 6.54 Å². The van der Waals surface area contributed by atoms with Gasteiger partial charge in [0, 0.05) is 19.7 Å². The maximum atomic E-state index is 12.2. The molecule has 24 heavy (non-hydrogen) atoms. The lowest BCUT2D eigenvalue weighted by Crippen LogP contribution is -2.73. The molecule has 134 valence electrons. The molecule has 1 amide bonds. The molecule has 2 rings (SSSR count). The lowest BCUT2D eigenvalue weighted by molar-refractivity contribution is -0.174. The molecule has 1 N–H and O–H groups in total. The molecular formula is C16H24N2O6. The van der Waals surface area contributed by atoms with Crippen LogP contribution in [0.25, 0.3) is 0 Å². The standard InChI is InChI=1S/C16H24N2O6/c1-6-7-18-11(12(22-3)13(18)19)10-9(14(20)23-4)8-16(2,17-10)15(21)24-5/h6,9-12,17H,1,7-8H2,2-5H3/t9-,10+,11-,12+,16-/m0/s1. The van der Waals surface area contributed by atoms with Crippen molar-refractivity contribution in [3.63, 3.8) is 0 Å². The second-order valence-corrected chi connectivity index (χ2v) is 6.25. The summed E-state index contributed by atoms with van der Waals surface area (Å²) >= 11 is 0. The number of nitrogens with zero attached hydrogens (tertiary/aromatic N) is 1. The van der Waals surface area contributed by atoms with Gasteiger partial charge in [0.05, 0.1) is 26.2 Å². The molecule has 0 aliphatic carbocycles. The zero-order chi connectivity index (χ0) is 18.1. The topological polar surface area (TPSA) is 94.2 Å². The van der Waals surface area contributed by atoms with Crippen molar-refractivity contribution >= 4 is 17.8 Å². The maximum absolute atomic E-state index is 12.2. The summed E-state index contributed by atoms with van der Waals surface area (Å²) < 4.78 is 15.0. The molecule has 8 nitrogen and oxygen atoms in total. The maximum Gasteiger partial charge on any atom is 0.325 e. The molecule has 8 heteroatoms. The van der Waals surface area contributed by atoms with E-state index >= 15 is 0 Å². The molecule has 2 aliphatic heterocycles. The molecule has 2 aliphatic rings. The van der Waals surface area contributed by atoms with Crippen LogP contribution in [0.3, 0.4) is 0 Å². The van der Waals surface area contributed by atoms with Gasteiger partial charge in [0.2, 0.25) is 0 Å². The molecule has 0 radical (unpaired) electrons. The SMILES string of the molecule is C=CCN1C(=O)[C@H](OC)[C@@H]1[C@@H]1N[C@](C)(C(=O)OC)C[C@@H]1C(=O)OC. The number of carbonyl (C=O) groups excluding carboxylic acids is 3. The smallest absolute Gasteiger partial charge is 0.325 e. The van der Waals surface area contributed by atoms with Crippen LogP contribution >= 0.6 is 0 Å². The van der Waals surface area contributed by atoms with Gasteiger partial charge in [0.25, 0.3) is 5.91 Å². The fraction of sp³-hybridized carbons (Fsp3) is 0.688. The summed E-state index contributed by atoms with van der Waals surface area (Å²) in [5.41, 5.74) is -1.03. The highest BCUT2D eigenvalue weighted by Gasteiger charge is 2.60. The molecule has 2 saturated heterocycles. The van der Waals surface area contributed by atoms with Crippen LogP contribution in [0, 0.1) is 5.92 Å². The molecular weight excluding hydrogens is 316 g/mol. The monoisotopic (exact) mass is 340 g/mol. The van der Waals surface area contributed by atoms with E-state index in [1.54, 1.807) is 17.9 Å². The number of nitrogens with one attached hydrogen (secondary N) is 1. The van der Waals surface area contributed by atoms with E-state index in [1.165, 1.54) is 21.3 Å². The van der Waals surface area contributed by atoms with Crippen LogP contribution < -0.4 is 5.32 Å². The van der Waals surface area contributed by atoms with Crippen molar-refractivity contribution in [2.45, 2.75) is 37.1 Å². The van der Waals surface area contributed by atoms with Crippen LogP contribution in [0.1, 0.15) is 13.3 Å². The summed E-state index contributed by atoms with van der Waals surface area (Å²) in [5.74, 6) is -1.66. The first-order chi connectivity index (χ1) is 11.3. The Morgan fingerprint density at radius 3 is 2.54 bits per heavy atom. The number of rotatable bonds is 6. The molecule has 2 fully saturated rings. The lowest BCUT2D eigenvalue weighted by atomic mass is 9.83. The number of amides is 1. The lowest BCUT2D eigenvalue weighted by Gasteiger charge is -2.49. The van der Waals surface area contributed by atoms with Gasteiger partial charge in [-0.2, -0.15) is 0 Å². The van der Waals surface area contributed by atoms with E-state index in [4.69, 9.17) is 14.2 Å². The van der Waals surface area contributed by atoms with Gasteiger partial charge in [-0.25, -0.2) is 0 Å². The molecule has 0 bridgehead atoms. The van der Waals surface area contributed by atoms with Gasteiger partial charge >= 0.3 is 11.9 Å². The van der Waals surface area contributed by atoms with Gasteiger partial charge in [-0.3, -0.25) is 19.7 Å². The summed E-state index contributed by atoms with van der Waals surface area (Å²) in [6.07, 6.45) is 1.16. The Labute approximate surface area is 141 Å². The van der Waals surface area contributed by atoms with Crippen LogP contribution in [-0.4, -0.2) is 74.3 Å². The van der Waals surface area contributed by atoms with E-state index < -0.39 is 41.6 Å². The number of esters is 2. The number of carbonyl (C=O) groups is 3. The summed E-state index contributed by atoms with van der Waals surface area (Å²) in [4.78, 5) is 38.1. The molecule has 0 saturated carbocycles. The van der Waals surface area contributed by atoms with E-state index in [-0.39, 0.29) is 12.3 Å². The normalized spacial score (nSPS) is 35.3. The highest BCUT2D eigenvalue weighted by Crippen LogP contribution is 2.38. The third-order valence-corrected chi connectivity index (χ3v) is 4.83.